The maximum absolute atomic E-state index is 15.4. The Kier molecular flexibility index (Phi) is 8.14. The van der Waals surface area contributed by atoms with Crippen molar-refractivity contribution in [2.24, 2.45) is 5.41 Å². The van der Waals surface area contributed by atoms with Gasteiger partial charge in [-0.05, 0) is 39.8 Å². The minimum Gasteiger partial charge on any atom is -0.493 e. The van der Waals surface area contributed by atoms with Crippen molar-refractivity contribution in [1.82, 2.24) is 9.97 Å². The number of benzene rings is 2. The van der Waals surface area contributed by atoms with Crippen molar-refractivity contribution < 1.29 is 41.3 Å². The normalized spacial score (nSPS) is 17.2. The van der Waals surface area contributed by atoms with Crippen molar-refractivity contribution in [1.29, 1.82) is 0 Å². The van der Waals surface area contributed by atoms with Gasteiger partial charge in [-0.2, -0.15) is 8.78 Å². The number of methoxy groups -OCH3 is 2. The molecule has 1 aromatic heterocycles. The first-order valence-corrected chi connectivity index (χ1v) is 13.0. The Morgan fingerprint density at radius 1 is 1.07 bits per heavy atom. The maximum Gasteiger partial charge on any atom is 0.303 e. The molecule has 0 unspecified atom stereocenters. The highest BCUT2D eigenvalue weighted by Crippen LogP contribution is 2.52. The van der Waals surface area contributed by atoms with Crippen molar-refractivity contribution in [2.45, 2.75) is 64.0 Å². The Morgan fingerprint density at radius 3 is 2.34 bits per heavy atom. The quantitative estimate of drug-likeness (QED) is 0.247. The summed E-state index contributed by atoms with van der Waals surface area (Å²) < 4.78 is 89.2. The van der Waals surface area contributed by atoms with E-state index < -0.39 is 40.3 Å². The average Bonchev–Trinajstić information content (AvgIpc) is 2.85. The molecule has 3 aromatic rings. The van der Waals surface area contributed by atoms with Crippen LogP contribution >= 0.6 is 0 Å². The zero-order valence-corrected chi connectivity index (χ0v) is 23.7. The molecule has 12 heteroatoms. The number of aliphatic hydroxyl groups is 1. The molecule has 1 fully saturated rings. The van der Waals surface area contributed by atoms with Crippen LogP contribution in [0.5, 0.6) is 11.5 Å². The molecule has 1 heterocycles. The molecule has 0 radical (unpaired) electrons. The Morgan fingerprint density at radius 2 is 1.76 bits per heavy atom. The third-order valence-corrected chi connectivity index (χ3v) is 7.30. The van der Waals surface area contributed by atoms with E-state index in [2.05, 4.69) is 15.3 Å². The summed E-state index contributed by atoms with van der Waals surface area (Å²) in [6.45, 7) is 5.12. The van der Waals surface area contributed by atoms with Gasteiger partial charge in [-0.3, -0.25) is 0 Å². The summed E-state index contributed by atoms with van der Waals surface area (Å²) in [4.78, 5) is 8.87. The van der Waals surface area contributed by atoms with Crippen LogP contribution in [0.2, 0.25) is 0 Å². The van der Waals surface area contributed by atoms with Gasteiger partial charge in [0.2, 0.25) is 5.92 Å². The zero-order chi connectivity index (χ0) is 30.4. The van der Waals surface area contributed by atoms with Crippen LogP contribution in [-0.2, 0) is 10.7 Å². The standard InChI is InChI=1S/C29H34F5N3O4/c1-16(18-8-7-9-20(24(18)30)29(33,34)26(3,4)38)35-25-19-10-23(22(40-6)11-21(19)36-17(2)37-25)41-15-27(14-39-5)12-28(31,32)13-27/h7-11,16,38H,12-15H2,1-6H3,(H,35,36,37)/t16-/m1/s1. The number of anilines is 1. The van der Waals surface area contributed by atoms with Crippen molar-refractivity contribution >= 4 is 16.7 Å². The van der Waals surface area contributed by atoms with Gasteiger partial charge in [0.1, 0.15) is 23.1 Å². The minimum atomic E-state index is -3.85. The molecule has 1 atom stereocenters. The number of hydrogen-bond acceptors (Lipinski definition) is 7. The van der Waals surface area contributed by atoms with Crippen LogP contribution < -0.4 is 14.8 Å². The molecule has 0 spiro atoms. The molecule has 7 nitrogen and oxygen atoms in total. The van der Waals surface area contributed by atoms with Crippen LogP contribution in [0.25, 0.3) is 10.9 Å². The van der Waals surface area contributed by atoms with Crippen molar-refractivity contribution in [3.8, 4) is 11.5 Å². The summed E-state index contributed by atoms with van der Waals surface area (Å²) in [7, 11) is 2.88. The van der Waals surface area contributed by atoms with Crippen LogP contribution in [0.4, 0.5) is 27.8 Å². The smallest absolute Gasteiger partial charge is 0.303 e. The van der Waals surface area contributed by atoms with Gasteiger partial charge in [0, 0.05) is 42.4 Å². The molecule has 1 aliphatic carbocycles. The van der Waals surface area contributed by atoms with E-state index >= 15 is 4.39 Å². The van der Waals surface area contributed by atoms with Gasteiger partial charge < -0.3 is 24.6 Å². The highest BCUT2D eigenvalue weighted by molar-refractivity contribution is 5.92. The van der Waals surface area contributed by atoms with Gasteiger partial charge in [0.15, 0.2) is 11.5 Å². The lowest BCUT2D eigenvalue weighted by atomic mass is 9.67. The van der Waals surface area contributed by atoms with E-state index in [1.54, 1.807) is 26.0 Å². The van der Waals surface area contributed by atoms with Crippen LogP contribution in [0.3, 0.4) is 0 Å². The summed E-state index contributed by atoms with van der Waals surface area (Å²) in [6.07, 6.45) is -0.735. The van der Waals surface area contributed by atoms with E-state index in [1.807, 2.05) is 0 Å². The highest BCUT2D eigenvalue weighted by Gasteiger charge is 2.57. The summed E-state index contributed by atoms with van der Waals surface area (Å²) in [5, 5.41) is 13.5. The number of nitrogens with one attached hydrogen (secondary N) is 1. The van der Waals surface area contributed by atoms with Gasteiger partial charge >= 0.3 is 5.92 Å². The minimum absolute atomic E-state index is 0.0440. The summed E-state index contributed by atoms with van der Waals surface area (Å²) in [5.41, 5.74) is -3.87. The predicted octanol–water partition coefficient (Wildman–Crippen LogP) is 6.56. The van der Waals surface area contributed by atoms with Crippen LogP contribution in [-0.4, -0.2) is 54.0 Å². The van der Waals surface area contributed by atoms with Gasteiger partial charge in [0.05, 0.1) is 37.4 Å². The van der Waals surface area contributed by atoms with Gasteiger partial charge in [-0.1, -0.05) is 12.1 Å². The molecule has 1 saturated carbocycles. The zero-order valence-electron chi connectivity index (χ0n) is 23.7. The number of rotatable bonds is 11. The van der Waals surface area contributed by atoms with Gasteiger partial charge in [0.25, 0.3) is 0 Å². The largest absolute Gasteiger partial charge is 0.493 e. The number of ether oxygens (including phenoxy) is 3. The summed E-state index contributed by atoms with van der Waals surface area (Å²) >= 11 is 0. The van der Waals surface area contributed by atoms with Crippen LogP contribution in [0, 0.1) is 18.2 Å². The maximum atomic E-state index is 15.4. The molecule has 0 amide bonds. The second kappa shape index (κ2) is 10.9. The molecule has 2 aromatic carbocycles. The lowest BCUT2D eigenvalue weighted by molar-refractivity contribution is -0.190. The Bertz CT molecular complexity index is 1420. The predicted molar refractivity (Wildman–Crippen MR) is 143 cm³/mol. The molecular formula is C29H34F5N3O4. The first kappa shape index (κ1) is 30.7. The van der Waals surface area contributed by atoms with Crippen molar-refractivity contribution in [3.63, 3.8) is 0 Å². The molecule has 2 N–H and O–H groups in total. The number of aryl methyl sites for hydroxylation is 1. The number of hydrogen-bond donors (Lipinski definition) is 2. The van der Waals surface area contributed by atoms with Gasteiger partial charge in [-0.15, -0.1) is 0 Å². The number of fused-ring (bicyclic) bond motifs is 1. The molecule has 41 heavy (non-hydrogen) atoms. The van der Waals surface area contributed by atoms with E-state index in [0.29, 0.717) is 22.5 Å². The second-order valence-electron chi connectivity index (χ2n) is 11.3. The lowest BCUT2D eigenvalue weighted by Crippen LogP contribution is -2.52. The fourth-order valence-electron chi connectivity index (χ4n) is 5.20. The van der Waals surface area contributed by atoms with Crippen LogP contribution in [0.1, 0.15) is 56.6 Å². The number of halogens is 5. The fraction of sp³-hybridized carbons (Fsp3) is 0.517. The monoisotopic (exact) mass is 583 g/mol. The highest BCUT2D eigenvalue weighted by atomic mass is 19.3. The van der Waals surface area contributed by atoms with E-state index in [-0.39, 0.29) is 43.2 Å². The summed E-state index contributed by atoms with van der Waals surface area (Å²) in [6, 6.07) is 5.98. The van der Waals surface area contributed by atoms with Crippen molar-refractivity contribution in [2.75, 3.05) is 32.8 Å². The lowest BCUT2D eigenvalue weighted by Gasteiger charge is -2.46. The molecular weight excluding hydrogens is 549 g/mol. The van der Waals surface area contributed by atoms with E-state index in [0.717, 1.165) is 19.9 Å². The first-order valence-electron chi connectivity index (χ1n) is 13.0. The number of alkyl halides is 4. The fourth-order valence-corrected chi connectivity index (χ4v) is 5.20. The molecule has 0 saturated heterocycles. The SMILES string of the molecule is COCC1(COc2cc3c(N[C@H](C)c4cccc(C(F)(F)C(C)(C)O)c4F)nc(C)nc3cc2OC)CC(F)(F)C1. The molecule has 1 aliphatic rings. The Labute approximate surface area is 235 Å². The van der Waals surface area contributed by atoms with E-state index in [1.165, 1.54) is 26.4 Å². The summed E-state index contributed by atoms with van der Waals surface area (Å²) in [5.74, 6) is -6.56. The third-order valence-electron chi connectivity index (χ3n) is 7.30. The first-order chi connectivity index (χ1) is 19.0. The van der Waals surface area contributed by atoms with Crippen LogP contribution in [0.15, 0.2) is 30.3 Å². The second-order valence-corrected chi connectivity index (χ2v) is 11.3. The average molecular weight is 584 g/mol. The number of nitrogens with zero attached hydrogens (tertiary/aromatic N) is 2. The van der Waals surface area contributed by atoms with Crippen molar-refractivity contribution in [3.05, 3.63) is 53.1 Å². The third kappa shape index (κ3) is 6.04. The molecule has 4 rings (SSSR count). The topological polar surface area (TPSA) is 85.7 Å². The Hall–Kier alpha value is -3.25. The molecule has 0 bridgehead atoms. The van der Waals surface area contributed by atoms with E-state index in [9.17, 15) is 22.7 Å². The van der Waals surface area contributed by atoms with Gasteiger partial charge in [-0.25, -0.2) is 23.1 Å². The number of aromatic nitrogens is 2. The van der Waals surface area contributed by atoms with E-state index in [4.69, 9.17) is 14.2 Å². The Balaban J connectivity index is 1.68. The molecule has 224 valence electrons. The molecule has 0 aliphatic heterocycles.